The molecule has 0 bridgehead atoms. The number of thiophene rings is 1. The molecular formula is C12H14N2OS. The SMILES string of the molecule is O=C(CCc1cccs1)NCc1cc[nH]c1. The van der Waals surface area contributed by atoms with Gasteiger partial charge in [0.2, 0.25) is 5.91 Å². The zero-order valence-corrected chi connectivity index (χ0v) is 9.72. The van der Waals surface area contributed by atoms with Crippen LogP contribution in [0.5, 0.6) is 0 Å². The Bertz CT molecular complexity index is 380. The Morgan fingerprint density at radius 3 is 3.06 bits per heavy atom. The minimum atomic E-state index is 0.106. The highest BCUT2D eigenvalue weighted by Gasteiger charge is 2.02. The molecule has 0 saturated heterocycles. The standard InChI is InChI=1S/C12H14N2OS/c15-12(4-3-11-2-1-7-16-11)14-9-10-5-6-13-8-10/h1-2,5-8,13H,3-4,9H2,(H,14,15). The Labute approximate surface area is 98.5 Å². The fraction of sp³-hybridized carbons (Fsp3) is 0.250. The third-order valence-corrected chi connectivity index (χ3v) is 3.27. The van der Waals surface area contributed by atoms with Gasteiger partial charge in [-0.2, -0.15) is 0 Å². The average Bonchev–Trinajstić information content (AvgIpc) is 2.96. The second-order valence-corrected chi connectivity index (χ2v) is 4.61. The number of aromatic amines is 1. The lowest BCUT2D eigenvalue weighted by atomic mass is 10.2. The second kappa shape index (κ2) is 5.51. The van der Waals surface area contributed by atoms with Gasteiger partial charge >= 0.3 is 0 Å². The van der Waals surface area contributed by atoms with Gasteiger partial charge in [0.1, 0.15) is 0 Å². The summed E-state index contributed by atoms with van der Waals surface area (Å²) in [5.74, 6) is 0.106. The minimum absolute atomic E-state index is 0.106. The number of nitrogens with one attached hydrogen (secondary N) is 2. The summed E-state index contributed by atoms with van der Waals surface area (Å²) < 4.78 is 0. The lowest BCUT2D eigenvalue weighted by molar-refractivity contribution is -0.121. The fourth-order valence-corrected chi connectivity index (χ4v) is 2.16. The molecule has 2 heterocycles. The average molecular weight is 234 g/mol. The van der Waals surface area contributed by atoms with Crippen molar-refractivity contribution in [3.8, 4) is 0 Å². The monoisotopic (exact) mass is 234 g/mol. The van der Waals surface area contributed by atoms with Crippen LogP contribution in [0.3, 0.4) is 0 Å². The lowest BCUT2D eigenvalue weighted by Crippen LogP contribution is -2.22. The van der Waals surface area contributed by atoms with Gasteiger partial charge in [-0.3, -0.25) is 4.79 Å². The smallest absolute Gasteiger partial charge is 0.220 e. The van der Waals surface area contributed by atoms with Crippen molar-refractivity contribution in [2.45, 2.75) is 19.4 Å². The summed E-state index contributed by atoms with van der Waals surface area (Å²) >= 11 is 1.70. The lowest BCUT2D eigenvalue weighted by Gasteiger charge is -2.02. The van der Waals surface area contributed by atoms with Crippen LogP contribution in [0.2, 0.25) is 0 Å². The van der Waals surface area contributed by atoms with Gasteiger partial charge < -0.3 is 10.3 Å². The molecule has 0 spiro atoms. The van der Waals surface area contributed by atoms with Gasteiger partial charge in [-0.25, -0.2) is 0 Å². The van der Waals surface area contributed by atoms with E-state index in [1.54, 1.807) is 11.3 Å². The van der Waals surface area contributed by atoms with Crippen LogP contribution in [0.1, 0.15) is 16.9 Å². The number of carbonyl (C=O) groups is 1. The zero-order valence-electron chi connectivity index (χ0n) is 8.90. The van der Waals surface area contributed by atoms with E-state index < -0.39 is 0 Å². The molecule has 1 amide bonds. The maximum atomic E-state index is 11.5. The van der Waals surface area contributed by atoms with Crippen molar-refractivity contribution < 1.29 is 4.79 Å². The quantitative estimate of drug-likeness (QED) is 0.819. The number of hydrogen-bond donors (Lipinski definition) is 2. The first-order valence-corrected chi connectivity index (χ1v) is 6.13. The molecule has 0 fully saturated rings. The van der Waals surface area contributed by atoms with Gasteiger partial charge in [-0.15, -0.1) is 11.3 Å². The Morgan fingerprint density at radius 2 is 2.38 bits per heavy atom. The van der Waals surface area contributed by atoms with Crippen LogP contribution >= 0.6 is 11.3 Å². The van der Waals surface area contributed by atoms with Crippen LogP contribution in [0.4, 0.5) is 0 Å². The maximum absolute atomic E-state index is 11.5. The summed E-state index contributed by atoms with van der Waals surface area (Å²) in [6, 6.07) is 6.03. The van der Waals surface area contributed by atoms with E-state index in [4.69, 9.17) is 0 Å². The molecule has 84 valence electrons. The van der Waals surface area contributed by atoms with Crippen molar-refractivity contribution >= 4 is 17.2 Å². The zero-order chi connectivity index (χ0) is 11.2. The maximum Gasteiger partial charge on any atom is 0.220 e. The largest absolute Gasteiger partial charge is 0.367 e. The second-order valence-electron chi connectivity index (χ2n) is 3.58. The van der Waals surface area contributed by atoms with Crippen LogP contribution in [0.25, 0.3) is 0 Å². The predicted octanol–water partition coefficient (Wildman–Crippen LogP) is 2.33. The minimum Gasteiger partial charge on any atom is -0.367 e. The molecular weight excluding hydrogens is 220 g/mol. The van der Waals surface area contributed by atoms with E-state index in [0.717, 1.165) is 12.0 Å². The van der Waals surface area contributed by atoms with Gasteiger partial charge in [0.05, 0.1) is 0 Å². The molecule has 0 unspecified atom stereocenters. The molecule has 0 radical (unpaired) electrons. The molecule has 2 aromatic rings. The van der Waals surface area contributed by atoms with Crippen molar-refractivity contribution in [3.63, 3.8) is 0 Å². The Kier molecular flexibility index (Phi) is 3.77. The van der Waals surface area contributed by atoms with Crippen molar-refractivity contribution in [1.29, 1.82) is 0 Å². The van der Waals surface area contributed by atoms with E-state index in [-0.39, 0.29) is 5.91 Å². The molecule has 0 saturated carbocycles. The molecule has 0 aromatic carbocycles. The molecule has 2 N–H and O–H groups in total. The van der Waals surface area contributed by atoms with E-state index in [9.17, 15) is 4.79 Å². The molecule has 0 aliphatic carbocycles. The number of H-pyrrole nitrogens is 1. The molecule has 2 rings (SSSR count). The van der Waals surface area contributed by atoms with Crippen LogP contribution in [-0.2, 0) is 17.8 Å². The van der Waals surface area contributed by atoms with E-state index in [0.29, 0.717) is 13.0 Å². The Hall–Kier alpha value is -1.55. The third-order valence-electron chi connectivity index (χ3n) is 2.33. The highest BCUT2D eigenvalue weighted by molar-refractivity contribution is 7.09. The van der Waals surface area contributed by atoms with Crippen LogP contribution < -0.4 is 5.32 Å². The van der Waals surface area contributed by atoms with E-state index in [1.165, 1.54) is 4.88 Å². The summed E-state index contributed by atoms with van der Waals surface area (Å²) in [6.07, 6.45) is 5.13. The van der Waals surface area contributed by atoms with Gasteiger partial charge in [-0.05, 0) is 29.5 Å². The van der Waals surface area contributed by atoms with Crippen molar-refractivity contribution in [2.24, 2.45) is 0 Å². The van der Waals surface area contributed by atoms with Crippen molar-refractivity contribution in [3.05, 3.63) is 46.4 Å². The van der Waals surface area contributed by atoms with Crippen LogP contribution in [-0.4, -0.2) is 10.9 Å². The first kappa shape index (κ1) is 11.0. The summed E-state index contributed by atoms with van der Waals surface area (Å²) in [4.78, 5) is 15.7. The van der Waals surface area contributed by atoms with E-state index >= 15 is 0 Å². The summed E-state index contributed by atoms with van der Waals surface area (Å²) in [6.45, 7) is 0.604. The number of aryl methyl sites for hydroxylation is 1. The summed E-state index contributed by atoms with van der Waals surface area (Å²) in [7, 11) is 0. The number of rotatable bonds is 5. The molecule has 0 aliphatic heterocycles. The molecule has 2 aromatic heterocycles. The highest BCUT2D eigenvalue weighted by atomic mass is 32.1. The molecule has 0 atom stereocenters. The topological polar surface area (TPSA) is 44.9 Å². The normalized spacial score (nSPS) is 10.2. The summed E-state index contributed by atoms with van der Waals surface area (Å²) in [5, 5.41) is 4.93. The predicted molar refractivity (Wildman–Crippen MR) is 65.3 cm³/mol. The number of carbonyl (C=O) groups excluding carboxylic acids is 1. The fourth-order valence-electron chi connectivity index (χ4n) is 1.45. The van der Waals surface area contributed by atoms with Gasteiger partial charge in [0.15, 0.2) is 0 Å². The van der Waals surface area contributed by atoms with E-state index in [2.05, 4.69) is 16.4 Å². The first-order valence-electron chi connectivity index (χ1n) is 5.25. The van der Waals surface area contributed by atoms with Gasteiger partial charge in [0.25, 0.3) is 0 Å². The van der Waals surface area contributed by atoms with Gasteiger partial charge in [0, 0.05) is 30.2 Å². The highest BCUT2D eigenvalue weighted by Crippen LogP contribution is 2.10. The molecule has 3 nitrogen and oxygen atoms in total. The van der Waals surface area contributed by atoms with Crippen LogP contribution in [0.15, 0.2) is 36.0 Å². The molecule has 4 heteroatoms. The molecule has 16 heavy (non-hydrogen) atoms. The third kappa shape index (κ3) is 3.24. The van der Waals surface area contributed by atoms with Crippen molar-refractivity contribution in [2.75, 3.05) is 0 Å². The summed E-state index contributed by atoms with van der Waals surface area (Å²) in [5.41, 5.74) is 1.10. The molecule has 0 aliphatic rings. The first-order chi connectivity index (χ1) is 7.84. The van der Waals surface area contributed by atoms with Gasteiger partial charge in [-0.1, -0.05) is 6.07 Å². The number of amides is 1. The van der Waals surface area contributed by atoms with Crippen molar-refractivity contribution in [1.82, 2.24) is 10.3 Å². The number of aromatic nitrogens is 1. The Morgan fingerprint density at radius 1 is 1.44 bits per heavy atom. The van der Waals surface area contributed by atoms with E-state index in [1.807, 2.05) is 29.9 Å². The van der Waals surface area contributed by atoms with Crippen LogP contribution in [0, 0.1) is 0 Å². The Balaban J connectivity index is 1.69. The number of hydrogen-bond acceptors (Lipinski definition) is 2.